The van der Waals surface area contributed by atoms with E-state index in [1.54, 1.807) is 0 Å². The molecule has 2 aromatic carbocycles. The van der Waals surface area contributed by atoms with Crippen LogP contribution < -0.4 is 0 Å². The fraction of sp³-hybridized carbons (Fsp3) is 0. The summed E-state index contributed by atoms with van der Waals surface area (Å²) in [4.78, 5) is 0. The van der Waals surface area contributed by atoms with Crippen molar-refractivity contribution in [2.45, 2.75) is 0 Å². The van der Waals surface area contributed by atoms with Crippen molar-refractivity contribution in [3.8, 4) is 0 Å². The van der Waals surface area contributed by atoms with Gasteiger partial charge in [0.1, 0.15) is 0 Å². The van der Waals surface area contributed by atoms with Crippen LogP contribution >= 0.6 is 22.6 Å². The summed E-state index contributed by atoms with van der Waals surface area (Å²) in [5, 5.41) is 0. The molecule has 0 nitrogen and oxygen atoms in total. The molecule has 1 heteroatoms. The minimum absolute atomic E-state index is 1.17. The fourth-order valence-electron chi connectivity index (χ4n) is 1.37. The molecule has 0 saturated heterocycles. The molecular formula is C15H11I. The first-order valence-corrected chi connectivity index (χ1v) is 6.16. The van der Waals surface area contributed by atoms with E-state index in [1.165, 1.54) is 14.7 Å². The van der Waals surface area contributed by atoms with E-state index in [4.69, 9.17) is 0 Å². The molecule has 0 N–H and O–H groups in total. The van der Waals surface area contributed by atoms with Gasteiger partial charge in [0.25, 0.3) is 0 Å². The van der Waals surface area contributed by atoms with E-state index in [1.807, 2.05) is 42.5 Å². The summed E-state index contributed by atoms with van der Waals surface area (Å²) < 4.78 is 1.24. The zero-order valence-corrected chi connectivity index (χ0v) is 10.9. The van der Waals surface area contributed by atoms with Crippen LogP contribution in [0.4, 0.5) is 0 Å². The number of rotatable bonds is 2. The number of hydrogen-bond donors (Lipinski definition) is 0. The van der Waals surface area contributed by atoms with Gasteiger partial charge in [-0.2, -0.15) is 0 Å². The summed E-state index contributed by atoms with van der Waals surface area (Å²) in [7, 11) is 0. The van der Waals surface area contributed by atoms with Gasteiger partial charge in [0, 0.05) is 3.57 Å². The maximum Gasteiger partial charge on any atom is 0.0208 e. The van der Waals surface area contributed by atoms with Gasteiger partial charge in [-0.1, -0.05) is 48.5 Å². The van der Waals surface area contributed by atoms with Crippen LogP contribution in [0.25, 0.3) is 12.2 Å². The lowest BCUT2D eigenvalue weighted by atomic mass is 10.2. The van der Waals surface area contributed by atoms with Gasteiger partial charge in [0.2, 0.25) is 0 Å². The minimum Gasteiger partial charge on any atom is -0.120 e. The number of halogens is 1. The van der Waals surface area contributed by atoms with E-state index in [0.717, 1.165) is 0 Å². The normalized spacial score (nSPS) is 9.31. The topological polar surface area (TPSA) is 0 Å². The molecule has 0 amide bonds. The zero-order chi connectivity index (χ0) is 11.2. The van der Waals surface area contributed by atoms with Crippen molar-refractivity contribution in [2.75, 3.05) is 0 Å². The molecule has 0 radical (unpaired) electrons. The molecule has 0 spiro atoms. The Labute approximate surface area is 109 Å². The van der Waals surface area contributed by atoms with Crippen molar-refractivity contribution in [3.05, 3.63) is 75.0 Å². The first kappa shape index (κ1) is 11.2. The zero-order valence-electron chi connectivity index (χ0n) is 8.73. The van der Waals surface area contributed by atoms with Gasteiger partial charge in [0.15, 0.2) is 0 Å². The average molecular weight is 318 g/mol. The van der Waals surface area contributed by atoms with E-state index in [0.29, 0.717) is 0 Å². The molecule has 0 aliphatic carbocycles. The van der Waals surface area contributed by atoms with E-state index in [2.05, 4.69) is 52.6 Å². The first-order chi connectivity index (χ1) is 7.86. The van der Waals surface area contributed by atoms with Crippen LogP contribution in [0.15, 0.2) is 60.3 Å². The minimum atomic E-state index is 1.17. The largest absolute Gasteiger partial charge is 0.120 e. The molecule has 0 aliphatic heterocycles. The van der Waals surface area contributed by atoms with Gasteiger partial charge in [0.05, 0.1) is 0 Å². The molecule has 2 aromatic rings. The fourth-order valence-corrected chi connectivity index (χ4v) is 1.91. The molecule has 0 aliphatic rings. The van der Waals surface area contributed by atoms with Gasteiger partial charge in [-0.3, -0.25) is 0 Å². The Morgan fingerprint density at radius 3 is 2.25 bits per heavy atom. The van der Waals surface area contributed by atoms with Crippen LogP contribution in [-0.2, 0) is 0 Å². The molecule has 0 unspecified atom stereocenters. The van der Waals surface area contributed by atoms with Crippen LogP contribution in [0, 0.1) is 3.57 Å². The van der Waals surface area contributed by atoms with Gasteiger partial charge in [-0.15, -0.1) is 5.73 Å². The van der Waals surface area contributed by atoms with Gasteiger partial charge in [-0.25, -0.2) is 0 Å². The molecule has 0 fully saturated rings. The smallest absolute Gasteiger partial charge is 0.0208 e. The summed E-state index contributed by atoms with van der Waals surface area (Å²) in [5.74, 6) is 0. The molecule has 2 rings (SSSR count). The third-order valence-corrected chi connectivity index (χ3v) is 3.18. The predicted octanol–water partition coefficient (Wildman–Crippen LogP) is 4.62. The Balaban J connectivity index is 2.22. The van der Waals surface area contributed by atoms with Crippen molar-refractivity contribution >= 4 is 34.7 Å². The summed E-state index contributed by atoms with van der Waals surface area (Å²) in [5.41, 5.74) is 5.58. The van der Waals surface area contributed by atoms with Crippen molar-refractivity contribution in [1.82, 2.24) is 0 Å². The van der Waals surface area contributed by atoms with Crippen molar-refractivity contribution in [3.63, 3.8) is 0 Å². The van der Waals surface area contributed by atoms with Gasteiger partial charge < -0.3 is 0 Å². The standard InChI is InChI=1S/C15H11I/c16-15-12-5-4-10-14(15)11-6-9-13-7-2-1-3-8-13/h1-5,7-12H. The lowest BCUT2D eigenvalue weighted by Gasteiger charge is -1.94. The lowest BCUT2D eigenvalue weighted by Crippen LogP contribution is -1.75. The maximum absolute atomic E-state index is 3.20. The molecule has 0 heterocycles. The highest BCUT2D eigenvalue weighted by Gasteiger charge is 1.90. The van der Waals surface area contributed by atoms with Crippen LogP contribution in [-0.4, -0.2) is 0 Å². The Bertz CT molecular complexity index is 520. The SMILES string of the molecule is Ic1ccccc1C=C=Cc1ccccc1. The monoisotopic (exact) mass is 318 g/mol. The average Bonchev–Trinajstić information content (AvgIpc) is 2.33. The predicted molar refractivity (Wildman–Crippen MR) is 78.0 cm³/mol. The Morgan fingerprint density at radius 2 is 1.50 bits per heavy atom. The van der Waals surface area contributed by atoms with Gasteiger partial charge >= 0.3 is 0 Å². The number of hydrogen-bond acceptors (Lipinski definition) is 0. The quantitative estimate of drug-likeness (QED) is 0.560. The molecule has 0 saturated carbocycles. The highest BCUT2D eigenvalue weighted by Crippen LogP contribution is 2.12. The summed E-state index contributed by atoms with van der Waals surface area (Å²) in [6.07, 6.45) is 4.00. The summed E-state index contributed by atoms with van der Waals surface area (Å²) in [6, 6.07) is 18.5. The molecule has 78 valence electrons. The third kappa shape index (κ3) is 3.09. The summed E-state index contributed by atoms with van der Waals surface area (Å²) in [6.45, 7) is 0. The first-order valence-electron chi connectivity index (χ1n) is 5.08. The second kappa shape index (κ2) is 5.69. The molecular weight excluding hydrogens is 307 g/mol. The van der Waals surface area contributed by atoms with E-state index in [9.17, 15) is 0 Å². The Kier molecular flexibility index (Phi) is 3.97. The second-order valence-corrected chi connectivity index (χ2v) is 4.55. The Morgan fingerprint density at radius 1 is 0.812 bits per heavy atom. The van der Waals surface area contributed by atoms with Crippen LogP contribution in [0.2, 0.25) is 0 Å². The van der Waals surface area contributed by atoms with Crippen LogP contribution in [0.5, 0.6) is 0 Å². The number of benzene rings is 2. The van der Waals surface area contributed by atoms with Crippen LogP contribution in [0.1, 0.15) is 11.1 Å². The maximum atomic E-state index is 3.20. The molecule has 0 bridgehead atoms. The molecule has 0 atom stereocenters. The second-order valence-electron chi connectivity index (χ2n) is 3.39. The van der Waals surface area contributed by atoms with E-state index < -0.39 is 0 Å². The highest BCUT2D eigenvalue weighted by molar-refractivity contribution is 14.1. The molecule has 16 heavy (non-hydrogen) atoms. The van der Waals surface area contributed by atoms with Crippen molar-refractivity contribution < 1.29 is 0 Å². The van der Waals surface area contributed by atoms with Gasteiger partial charge in [-0.05, 0) is 51.9 Å². The van der Waals surface area contributed by atoms with Crippen molar-refractivity contribution in [1.29, 1.82) is 0 Å². The summed E-state index contributed by atoms with van der Waals surface area (Å²) >= 11 is 2.33. The Hall–Kier alpha value is -1.31. The molecule has 0 aromatic heterocycles. The lowest BCUT2D eigenvalue weighted by molar-refractivity contribution is 1.60. The van der Waals surface area contributed by atoms with Crippen LogP contribution in [0.3, 0.4) is 0 Å². The van der Waals surface area contributed by atoms with Crippen molar-refractivity contribution in [2.24, 2.45) is 0 Å². The highest BCUT2D eigenvalue weighted by atomic mass is 127. The van der Waals surface area contributed by atoms with E-state index >= 15 is 0 Å². The van der Waals surface area contributed by atoms with E-state index in [-0.39, 0.29) is 0 Å². The third-order valence-electron chi connectivity index (χ3n) is 2.19.